The summed E-state index contributed by atoms with van der Waals surface area (Å²) in [4.78, 5) is 26.0. The molecule has 5 rings (SSSR count). The first-order valence-electron chi connectivity index (χ1n) is 10.9. The van der Waals surface area contributed by atoms with Crippen LogP contribution < -0.4 is 14.8 Å². The topological polar surface area (TPSA) is 123 Å². The number of benzene rings is 2. The van der Waals surface area contributed by atoms with E-state index in [-0.39, 0.29) is 16.7 Å². The summed E-state index contributed by atoms with van der Waals surface area (Å²) in [6.45, 7) is 3.85. The van der Waals surface area contributed by atoms with Crippen molar-refractivity contribution in [3.05, 3.63) is 83.7 Å². The summed E-state index contributed by atoms with van der Waals surface area (Å²) in [5.41, 5.74) is 3.50. The van der Waals surface area contributed by atoms with Gasteiger partial charge in [0.2, 0.25) is 11.8 Å². The van der Waals surface area contributed by atoms with Crippen molar-refractivity contribution in [2.45, 2.75) is 25.2 Å². The quantitative estimate of drug-likeness (QED) is 0.425. The van der Waals surface area contributed by atoms with Gasteiger partial charge in [0.05, 0.1) is 10.6 Å². The summed E-state index contributed by atoms with van der Waals surface area (Å²) in [5.74, 6) is 0.0141. The van der Waals surface area contributed by atoms with Crippen LogP contribution in [0.3, 0.4) is 0 Å². The van der Waals surface area contributed by atoms with Gasteiger partial charge in [-0.15, -0.1) is 0 Å². The molecule has 0 radical (unpaired) electrons. The minimum absolute atomic E-state index is 0.0501. The first-order chi connectivity index (χ1) is 16.8. The fourth-order valence-electron chi connectivity index (χ4n) is 3.78. The lowest BCUT2D eigenvalue weighted by Gasteiger charge is -2.17. The molecule has 0 atom stereocenters. The SMILES string of the molecule is CCc1c2nc(nc1-c1cnccc1C)NS(=O)(=O)c1cccc(c1)NC(=O)c1cccc(c1)O2. The summed E-state index contributed by atoms with van der Waals surface area (Å²) < 4.78 is 35.0. The van der Waals surface area contributed by atoms with E-state index >= 15 is 0 Å². The second-order valence-electron chi connectivity index (χ2n) is 7.94. The largest absolute Gasteiger partial charge is 0.439 e. The van der Waals surface area contributed by atoms with Crippen molar-refractivity contribution in [2.24, 2.45) is 0 Å². The maximum atomic E-state index is 13.2. The van der Waals surface area contributed by atoms with Gasteiger partial charge in [0, 0.05) is 34.8 Å². The van der Waals surface area contributed by atoms with E-state index in [2.05, 4.69) is 25.0 Å². The lowest BCUT2D eigenvalue weighted by molar-refractivity contribution is 0.102. The number of carbonyl (C=O) groups is 1. The number of hydrogen-bond acceptors (Lipinski definition) is 7. The number of aromatic nitrogens is 3. The van der Waals surface area contributed by atoms with Crippen molar-refractivity contribution in [3.8, 4) is 22.9 Å². The Morgan fingerprint density at radius 2 is 1.86 bits per heavy atom. The standard InChI is InChI=1S/C25H21N5O4S/c1-3-20-22(21-14-26-11-10-15(21)2)28-25-29-24(20)34-18-8-4-6-16(12-18)23(31)27-17-7-5-9-19(13-17)35(32,33)30-25/h4-14H,3H2,1-2H3,(H,27,31)(H,28,29,30). The Labute approximate surface area is 202 Å². The number of nitrogens with zero attached hydrogens (tertiary/aromatic N) is 3. The molecule has 3 heterocycles. The van der Waals surface area contributed by atoms with Crippen LogP contribution in [-0.4, -0.2) is 29.3 Å². The summed E-state index contributed by atoms with van der Waals surface area (Å²) in [5, 5.41) is 2.72. The number of nitrogens with one attached hydrogen (secondary N) is 2. The fraction of sp³-hybridized carbons (Fsp3) is 0.120. The molecule has 0 spiro atoms. The van der Waals surface area contributed by atoms with Gasteiger partial charge in [0.1, 0.15) is 5.75 Å². The number of carbonyl (C=O) groups excluding carboxylic acids is 1. The number of hydrogen-bond donors (Lipinski definition) is 2. The third-order valence-electron chi connectivity index (χ3n) is 5.56. The van der Waals surface area contributed by atoms with E-state index in [4.69, 9.17) is 4.74 Å². The zero-order chi connectivity index (χ0) is 24.6. The maximum Gasteiger partial charge on any atom is 0.264 e. The van der Waals surface area contributed by atoms with E-state index < -0.39 is 15.9 Å². The average molecular weight is 488 g/mol. The van der Waals surface area contributed by atoms with Crippen molar-refractivity contribution >= 4 is 27.6 Å². The van der Waals surface area contributed by atoms with Gasteiger partial charge in [-0.25, -0.2) is 18.1 Å². The summed E-state index contributed by atoms with van der Waals surface area (Å²) in [7, 11) is -4.07. The number of rotatable bonds is 2. The zero-order valence-electron chi connectivity index (χ0n) is 18.9. The molecule has 9 nitrogen and oxygen atoms in total. The third-order valence-corrected chi connectivity index (χ3v) is 6.88. The number of amides is 1. The van der Waals surface area contributed by atoms with Crippen LogP contribution in [-0.2, 0) is 16.4 Å². The molecule has 6 bridgehead atoms. The molecule has 2 aromatic heterocycles. The highest BCUT2D eigenvalue weighted by Crippen LogP contribution is 2.34. The molecule has 10 heteroatoms. The van der Waals surface area contributed by atoms with Crippen LogP contribution in [0.4, 0.5) is 11.6 Å². The average Bonchev–Trinajstić information content (AvgIpc) is 2.84. The van der Waals surface area contributed by atoms with E-state index in [0.29, 0.717) is 34.7 Å². The van der Waals surface area contributed by atoms with Crippen LogP contribution in [0.5, 0.6) is 11.6 Å². The van der Waals surface area contributed by atoms with Gasteiger partial charge < -0.3 is 10.1 Å². The lowest BCUT2D eigenvalue weighted by atomic mass is 10.0. The fourth-order valence-corrected chi connectivity index (χ4v) is 4.77. The second kappa shape index (κ2) is 8.80. The van der Waals surface area contributed by atoms with Crippen LogP contribution >= 0.6 is 0 Å². The van der Waals surface area contributed by atoms with Crippen LogP contribution in [0.1, 0.15) is 28.4 Å². The first-order valence-corrected chi connectivity index (χ1v) is 12.4. The minimum atomic E-state index is -4.07. The van der Waals surface area contributed by atoms with Gasteiger partial charge in [0.15, 0.2) is 0 Å². The molecule has 1 amide bonds. The van der Waals surface area contributed by atoms with Gasteiger partial charge >= 0.3 is 0 Å². The molecule has 0 fully saturated rings. The summed E-state index contributed by atoms with van der Waals surface area (Å²) in [6.07, 6.45) is 3.86. The molecule has 176 valence electrons. The molecule has 0 unspecified atom stereocenters. The molecule has 2 aromatic carbocycles. The molecule has 0 saturated carbocycles. The van der Waals surface area contributed by atoms with Gasteiger partial charge in [-0.2, -0.15) is 4.98 Å². The van der Waals surface area contributed by atoms with E-state index in [1.54, 1.807) is 48.8 Å². The highest BCUT2D eigenvalue weighted by molar-refractivity contribution is 7.92. The smallest absolute Gasteiger partial charge is 0.264 e. The Morgan fingerprint density at radius 1 is 1.03 bits per heavy atom. The monoisotopic (exact) mass is 487 g/mol. The molecule has 2 N–H and O–H groups in total. The lowest BCUT2D eigenvalue weighted by Crippen LogP contribution is -2.18. The Bertz CT molecular complexity index is 1570. The number of fused-ring (bicyclic) bond motifs is 6. The number of anilines is 2. The second-order valence-corrected chi connectivity index (χ2v) is 9.62. The van der Waals surface area contributed by atoms with E-state index in [1.807, 2.05) is 19.9 Å². The van der Waals surface area contributed by atoms with Crippen molar-refractivity contribution < 1.29 is 17.9 Å². The number of ether oxygens (including phenoxy) is 1. The molecule has 1 aliphatic heterocycles. The normalized spacial score (nSPS) is 14.2. The number of pyridine rings is 1. The van der Waals surface area contributed by atoms with Crippen LogP contribution in [0.15, 0.2) is 71.9 Å². The van der Waals surface area contributed by atoms with Crippen LogP contribution in [0.25, 0.3) is 11.3 Å². The molecule has 4 aromatic rings. The van der Waals surface area contributed by atoms with Gasteiger partial charge in [0.25, 0.3) is 15.9 Å². The summed E-state index contributed by atoms with van der Waals surface area (Å²) >= 11 is 0. The van der Waals surface area contributed by atoms with Gasteiger partial charge in [-0.3, -0.25) is 9.78 Å². The molecular formula is C25H21N5O4S. The molecule has 0 saturated heterocycles. The van der Waals surface area contributed by atoms with Gasteiger partial charge in [-0.1, -0.05) is 19.1 Å². The van der Waals surface area contributed by atoms with Crippen molar-refractivity contribution in [1.82, 2.24) is 15.0 Å². The predicted octanol–water partition coefficient (Wildman–Crippen LogP) is 4.57. The molecule has 0 aliphatic carbocycles. The molecule has 35 heavy (non-hydrogen) atoms. The van der Waals surface area contributed by atoms with Crippen LogP contribution in [0, 0.1) is 6.92 Å². The third kappa shape index (κ3) is 4.43. The van der Waals surface area contributed by atoms with Crippen molar-refractivity contribution in [3.63, 3.8) is 0 Å². The van der Waals surface area contributed by atoms with E-state index in [9.17, 15) is 13.2 Å². The molecule has 1 aliphatic rings. The van der Waals surface area contributed by atoms with Gasteiger partial charge in [-0.05, 0) is 61.4 Å². The minimum Gasteiger partial charge on any atom is -0.439 e. The molecular weight excluding hydrogens is 466 g/mol. The van der Waals surface area contributed by atoms with E-state index in [0.717, 1.165) is 11.1 Å². The first kappa shape index (κ1) is 22.5. The summed E-state index contributed by atoms with van der Waals surface area (Å²) in [6, 6.07) is 14.5. The van der Waals surface area contributed by atoms with Crippen molar-refractivity contribution in [2.75, 3.05) is 10.0 Å². The zero-order valence-corrected chi connectivity index (χ0v) is 19.8. The number of aryl methyl sites for hydroxylation is 1. The Kier molecular flexibility index (Phi) is 5.65. The highest BCUT2D eigenvalue weighted by Gasteiger charge is 2.23. The highest BCUT2D eigenvalue weighted by atomic mass is 32.2. The number of sulfonamides is 1. The van der Waals surface area contributed by atoms with Crippen molar-refractivity contribution in [1.29, 1.82) is 0 Å². The Hall–Kier alpha value is -4.31. The van der Waals surface area contributed by atoms with E-state index in [1.165, 1.54) is 12.1 Å². The Balaban J connectivity index is 1.77. The van der Waals surface area contributed by atoms with Crippen LogP contribution in [0.2, 0.25) is 0 Å². The predicted molar refractivity (Wildman–Crippen MR) is 131 cm³/mol. The Morgan fingerprint density at radius 3 is 2.66 bits per heavy atom. The maximum absolute atomic E-state index is 13.2.